The summed E-state index contributed by atoms with van der Waals surface area (Å²) in [6.45, 7) is 0. The maximum atomic E-state index is 5.30. The highest BCUT2D eigenvalue weighted by Crippen LogP contribution is 2.33. The predicted octanol–water partition coefficient (Wildman–Crippen LogP) is 4.49. The Morgan fingerprint density at radius 2 is 1.38 bits per heavy atom. The first kappa shape index (κ1) is 12.1. The molecule has 1 N–H and O–H groups in total. The van der Waals surface area contributed by atoms with E-state index in [1.54, 1.807) is 14.2 Å². The van der Waals surface area contributed by atoms with Crippen LogP contribution < -0.4 is 9.47 Å². The number of aromatic amines is 1. The summed E-state index contributed by atoms with van der Waals surface area (Å²) in [4.78, 5) is 3.51. The van der Waals surface area contributed by atoms with Crippen LogP contribution in [0.2, 0.25) is 0 Å². The van der Waals surface area contributed by atoms with Crippen LogP contribution in [0, 0.1) is 0 Å². The number of benzene rings is 3. The van der Waals surface area contributed by atoms with Crippen LogP contribution in [0.25, 0.3) is 32.6 Å². The molecule has 3 heteroatoms. The number of methoxy groups -OCH3 is 2. The Labute approximate surface area is 122 Å². The normalized spacial score (nSPS) is 11.3. The molecule has 4 rings (SSSR count). The van der Waals surface area contributed by atoms with Gasteiger partial charge in [0.1, 0.15) is 11.5 Å². The van der Waals surface area contributed by atoms with Gasteiger partial charge < -0.3 is 14.5 Å². The molecule has 0 aliphatic heterocycles. The van der Waals surface area contributed by atoms with Crippen LogP contribution in [-0.2, 0) is 0 Å². The van der Waals surface area contributed by atoms with E-state index in [-0.39, 0.29) is 0 Å². The Hall–Kier alpha value is -2.68. The van der Waals surface area contributed by atoms with Gasteiger partial charge in [-0.1, -0.05) is 12.1 Å². The monoisotopic (exact) mass is 277 g/mol. The van der Waals surface area contributed by atoms with E-state index in [1.165, 1.54) is 21.5 Å². The smallest absolute Gasteiger partial charge is 0.120 e. The van der Waals surface area contributed by atoms with Gasteiger partial charge in [-0.25, -0.2) is 0 Å². The van der Waals surface area contributed by atoms with Crippen LogP contribution in [-0.4, -0.2) is 19.2 Å². The second kappa shape index (κ2) is 4.42. The molecule has 1 aromatic heterocycles. The second-order valence-electron chi connectivity index (χ2n) is 5.11. The van der Waals surface area contributed by atoms with Gasteiger partial charge in [-0.05, 0) is 35.7 Å². The molecule has 1 heterocycles. The first-order chi connectivity index (χ1) is 10.3. The molecule has 0 aliphatic rings. The minimum atomic E-state index is 0.861. The van der Waals surface area contributed by atoms with Gasteiger partial charge in [0.25, 0.3) is 0 Å². The van der Waals surface area contributed by atoms with Crippen LogP contribution in [0.4, 0.5) is 0 Å². The predicted molar refractivity (Wildman–Crippen MR) is 86.4 cm³/mol. The summed E-state index contributed by atoms with van der Waals surface area (Å²) in [5, 5.41) is 4.80. The van der Waals surface area contributed by atoms with Crippen molar-refractivity contribution in [2.75, 3.05) is 14.2 Å². The molecule has 0 saturated heterocycles. The summed E-state index contributed by atoms with van der Waals surface area (Å²) in [6.07, 6.45) is 0. The SMILES string of the molecule is COc1ccc2c(ccc3c4ccc(OC)cc4[nH]c23)c1. The average Bonchev–Trinajstić information content (AvgIpc) is 2.92. The number of hydrogen-bond acceptors (Lipinski definition) is 2. The fourth-order valence-corrected chi connectivity index (χ4v) is 2.92. The highest BCUT2D eigenvalue weighted by molar-refractivity contribution is 6.17. The second-order valence-corrected chi connectivity index (χ2v) is 5.11. The van der Waals surface area contributed by atoms with Crippen LogP contribution in [0.15, 0.2) is 48.5 Å². The fraction of sp³-hybridized carbons (Fsp3) is 0.111. The molecule has 0 amide bonds. The molecule has 0 aliphatic carbocycles. The van der Waals surface area contributed by atoms with Crippen LogP contribution >= 0.6 is 0 Å². The molecule has 0 spiro atoms. The maximum Gasteiger partial charge on any atom is 0.120 e. The van der Waals surface area contributed by atoms with Crippen molar-refractivity contribution < 1.29 is 9.47 Å². The summed E-state index contributed by atoms with van der Waals surface area (Å²) in [6, 6.07) is 16.6. The lowest BCUT2D eigenvalue weighted by atomic mass is 10.1. The first-order valence-electron chi connectivity index (χ1n) is 6.86. The summed E-state index contributed by atoms with van der Waals surface area (Å²) >= 11 is 0. The number of hydrogen-bond donors (Lipinski definition) is 1. The van der Waals surface area contributed by atoms with Gasteiger partial charge >= 0.3 is 0 Å². The summed E-state index contributed by atoms with van der Waals surface area (Å²) in [5.74, 6) is 1.74. The van der Waals surface area contributed by atoms with Gasteiger partial charge in [0.2, 0.25) is 0 Å². The first-order valence-corrected chi connectivity index (χ1v) is 6.86. The van der Waals surface area contributed by atoms with Gasteiger partial charge in [-0.3, -0.25) is 0 Å². The Balaban J connectivity index is 2.10. The molecule has 104 valence electrons. The summed E-state index contributed by atoms with van der Waals surface area (Å²) in [7, 11) is 3.38. The zero-order valence-corrected chi connectivity index (χ0v) is 11.9. The van der Waals surface area contributed by atoms with E-state index in [9.17, 15) is 0 Å². The molecule has 3 nitrogen and oxygen atoms in total. The third-order valence-corrected chi connectivity index (χ3v) is 4.00. The Bertz CT molecular complexity index is 969. The van der Waals surface area contributed by atoms with Crippen molar-refractivity contribution in [2.45, 2.75) is 0 Å². The molecule has 0 radical (unpaired) electrons. The number of fused-ring (bicyclic) bond motifs is 5. The van der Waals surface area contributed by atoms with Crippen molar-refractivity contribution in [2.24, 2.45) is 0 Å². The van der Waals surface area contributed by atoms with Gasteiger partial charge in [0, 0.05) is 22.2 Å². The number of aromatic nitrogens is 1. The largest absolute Gasteiger partial charge is 0.497 e. The molecule has 0 unspecified atom stereocenters. The van der Waals surface area contributed by atoms with Crippen molar-refractivity contribution >= 4 is 32.6 Å². The van der Waals surface area contributed by atoms with Crippen molar-refractivity contribution in [3.05, 3.63) is 48.5 Å². The Morgan fingerprint density at radius 1 is 0.714 bits per heavy atom. The van der Waals surface area contributed by atoms with Crippen molar-refractivity contribution in [3.8, 4) is 11.5 Å². The van der Waals surface area contributed by atoms with Crippen LogP contribution in [0.5, 0.6) is 11.5 Å². The molecule has 0 atom stereocenters. The van der Waals surface area contributed by atoms with Crippen molar-refractivity contribution in [1.82, 2.24) is 4.98 Å². The van der Waals surface area contributed by atoms with E-state index in [0.717, 1.165) is 22.5 Å². The number of ether oxygens (including phenoxy) is 2. The molecule has 21 heavy (non-hydrogen) atoms. The molecule has 3 aromatic carbocycles. The van der Waals surface area contributed by atoms with Gasteiger partial charge in [-0.2, -0.15) is 0 Å². The lowest BCUT2D eigenvalue weighted by Crippen LogP contribution is -1.82. The lowest BCUT2D eigenvalue weighted by molar-refractivity contribution is 0.415. The fourth-order valence-electron chi connectivity index (χ4n) is 2.92. The van der Waals surface area contributed by atoms with E-state index in [1.807, 2.05) is 18.2 Å². The summed E-state index contributed by atoms with van der Waals surface area (Å²) in [5.41, 5.74) is 2.24. The molecule has 4 aromatic rings. The van der Waals surface area contributed by atoms with Crippen LogP contribution in [0.1, 0.15) is 0 Å². The highest BCUT2D eigenvalue weighted by atomic mass is 16.5. The maximum absolute atomic E-state index is 5.30. The summed E-state index contributed by atoms with van der Waals surface area (Å²) < 4.78 is 10.6. The number of H-pyrrole nitrogens is 1. The zero-order valence-electron chi connectivity index (χ0n) is 11.9. The molecule has 0 saturated carbocycles. The minimum Gasteiger partial charge on any atom is -0.497 e. The minimum absolute atomic E-state index is 0.861. The average molecular weight is 277 g/mol. The van der Waals surface area contributed by atoms with Crippen LogP contribution in [0.3, 0.4) is 0 Å². The van der Waals surface area contributed by atoms with Crippen molar-refractivity contribution in [3.63, 3.8) is 0 Å². The van der Waals surface area contributed by atoms with E-state index < -0.39 is 0 Å². The quantitative estimate of drug-likeness (QED) is 0.585. The van der Waals surface area contributed by atoms with E-state index in [4.69, 9.17) is 9.47 Å². The van der Waals surface area contributed by atoms with Gasteiger partial charge in [-0.15, -0.1) is 0 Å². The third-order valence-electron chi connectivity index (χ3n) is 4.00. The van der Waals surface area contributed by atoms with E-state index >= 15 is 0 Å². The third kappa shape index (κ3) is 1.74. The van der Waals surface area contributed by atoms with Crippen molar-refractivity contribution in [1.29, 1.82) is 0 Å². The number of nitrogens with one attached hydrogen (secondary N) is 1. The molecular weight excluding hydrogens is 262 g/mol. The van der Waals surface area contributed by atoms with E-state index in [0.29, 0.717) is 0 Å². The lowest BCUT2D eigenvalue weighted by Gasteiger charge is -2.03. The molecule has 0 bridgehead atoms. The molecule has 0 fully saturated rings. The topological polar surface area (TPSA) is 34.2 Å². The Kier molecular flexibility index (Phi) is 2.54. The highest BCUT2D eigenvalue weighted by Gasteiger charge is 2.09. The van der Waals surface area contributed by atoms with Gasteiger partial charge in [0.15, 0.2) is 0 Å². The number of rotatable bonds is 2. The Morgan fingerprint density at radius 3 is 2.14 bits per heavy atom. The zero-order chi connectivity index (χ0) is 14.4. The van der Waals surface area contributed by atoms with E-state index in [2.05, 4.69) is 35.3 Å². The molecular formula is C18H15NO2. The van der Waals surface area contributed by atoms with Gasteiger partial charge in [0.05, 0.1) is 25.3 Å². The standard InChI is InChI=1S/C18H15NO2/c1-20-12-4-7-14-11(9-12)3-6-16-15-8-5-13(21-2)10-17(15)19-18(14)16/h3-10,19H,1-2H3.